The van der Waals surface area contributed by atoms with Crippen LogP contribution in [0.1, 0.15) is 0 Å². The SMILES string of the molecule is CN(C)S(=O)(=O)c1cccc(N2CCOC(C#N)C2)c1N. The van der Waals surface area contributed by atoms with Crippen LogP contribution in [0.5, 0.6) is 0 Å². The quantitative estimate of drug-likeness (QED) is 0.803. The zero-order chi connectivity index (χ0) is 15.6. The minimum Gasteiger partial charge on any atom is -0.396 e. The summed E-state index contributed by atoms with van der Waals surface area (Å²) in [6.45, 7) is 1.34. The highest BCUT2D eigenvalue weighted by Gasteiger charge is 2.26. The molecule has 0 amide bonds. The molecule has 1 aromatic rings. The van der Waals surface area contributed by atoms with Crippen LogP contribution in [0.3, 0.4) is 0 Å². The molecular formula is C13H18N4O3S. The van der Waals surface area contributed by atoms with Gasteiger partial charge in [0.05, 0.1) is 30.6 Å². The molecule has 8 heteroatoms. The number of anilines is 2. The summed E-state index contributed by atoms with van der Waals surface area (Å²) in [5.41, 5.74) is 6.87. The van der Waals surface area contributed by atoms with Gasteiger partial charge in [-0.15, -0.1) is 0 Å². The first-order valence-corrected chi connectivity index (χ1v) is 7.89. The van der Waals surface area contributed by atoms with Gasteiger partial charge in [0, 0.05) is 20.6 Å². The summed E-state index contributed by atoms with van der Waals surface area (Å²) in [7, 11) is -0.682. The second-order valence-electron chi connectivity index (χ2n) is 4.91. The zero-order valence-corrected chi connectivity index (χ0v) is 12.8. The summed E-state index contributed by atoms with van der Waals surface area (Å²) in [6, 6.07) is 6.94. The Balaban J connectivity index is 2.41. The van der Waals surface area contributed by atoms with E-state index < -0.39 is 16.1 Å². The minimum atomic E-state index is -3.60. The predicted molar refractivity (Wildman–Crippen MR) is 79.3 cm³/mol. The molecule has 0 radical (unpaired) electrons. The summed E-state index contributed by atoms with van der Waals surface area (Å²) in [5, 5.41) is 8.95. The lowest BCUT2D eigenvalue weighted by Gasteiger charge is -2.32. The highest BCUT2D eigenvalue weighted by atomic mass is 32.2. The van der Waals surface area contributed by atoms with Gasteiger partial charge in [-0.05, 0) is 12.1 Å². The van der Waals surface area contributed by atoms with Gasteiger partial charge in [0.1, 0.15) is 4.90 Å². The number of hydrogen-bond acceptors (Lipinski definition) is 6. The third-order valence-electron chi connectivity index (χ3n) is 3.35. The zero-order valence-electron chi connectivity index (χ0n) is 12.0. The van der Waals surface area contributed by atoms with E-state index in [1.165, 1.54) is 20.2 Å². The van der Waals surface area contributed by atoms with E-state index in [9.17, 15) is 8.42 Å². The summed E-state index contributed by atoms with van der Waals surface area (Å²) < 4.78 is 30.9. The molecule has 1 heterocycles. The van der Waals surface area contributed by atoms with Crippen molar-refractivity contribution in [2.45, 2.75) is 11.0 Å². The van der Waals surface area contributed by atoms with Crippen molar-refractivity contribution < 1.29 is 13.2 Å². The Bertz CT molecular complexity index is 666. The van der Waals surface area contributed by atoms with E-state index in [1.807, 2.05) is 4.90 Å². The molecule has 1 fully saturated rings. The van der Waals surface area contributed by atoms with Crippen LogP contribution >= 0.6 is 0 Å². The summed E-state index contributed by atoms with van der Waals surface area (Å²) in [4.78, 5) is 1.95. The van der Waals surface area contributed by atoms with Gasteiger partial charge < -0.3 is 15.4 Å². The second kappa shape index (κ2) is 5.89. The maximum absolute atomic E-state index is 12.3. The van der Waals surface area contributed by atoms with E-state index in [-0.39, 0.29) is 10.6 Å². The lowest BCUT2D eigenvalue weighted by Crippen LogP contribution is -2.42. The van der Waals surface area contributed by atoms with Crippen molar-refractivity contribution in [2.24, 2.45) is 0 Å². The van der Waals surface area contributed by atoms with Crippen LogP contribution in [0.15, 0.2) is 23.1 Å². The Morgan fingerprint density at radius 1 is 1.48 bits per heavy atom. The molecule has 114 valence electrons. The van der Waals surface area contributed by atoms with E-state index in [0.717, 1.165) is 4.31 Å². The average molecular weight is 310 g/mol. The number of nitrogens with zero attached hydrogens (tertiary/aromatic N) is 3. The molecule has 2 N–H and O–H groups in total. The van der Waals surface area contributed by atoms with Crippen molar-refractivity contribution >= 4 is 21.4 Å². The largest absolute Gasteiger partial charge is 0.396 e. The predicted octanol–water partition coefficient (Wildman–Crippen LogP) is 0.248. The molecule has 7 nitrogen and oxygen atoms in total. The molecule has 21 heavy (non-hydrogen) atoms. The number of nitrogens with two attached hydrogens (primary N) is 1. The molecule has 0 saturated carbocycles. The molecule has 1 unspecified atom stereocenters. The Labute approximate surface area is 124 Å². The maximum atomic E-state index is 12.3. The molecule has 1 saturated heterocycles. The number of sulfonamides is 1. The number of nitrogen functional groups attached to an aromatic ring is 1. The van der Waals surface area contributed by atoms with Crippen molar-refractivity contribution in [3.8, 4) is 6.07 Å². The van der Waals surface area contributed by atoms with Gasteiger partial charge in [0.25, 0.3) is 0 Å². The fraction of sp³-hybridized carbons (Fsp3) is 0.462. The molecule has 0 spiro atoms. The van der Waals surface area contributed by atoms with Crippen LogP contribution in [0.25, 0.3) is 0 Å². The standard InChI is InChI=1S/C13H18N4O3S/c1-16(2)21(18,19)12-5-3-4-11(13(12)15)17-6-7-20-10(8-14)9-17/h3-5,10H,6-7,9,15H2,1-2H3. The van der Waals surface area contributed by atoms with Crippen molar-refractivity contribution in [1.82, 2.24) is 4.31 Å². The van der Waals surface area contributed by atoms with Crippen LogP contribution in [-0.4, -0.2) is 52.6 Å². The monoisotopic (exact) mass is 310 g/mol. The van der Waals surface area contributed by atoms with Crippen molar-refractivity contribution in [3.63, 3.8) is 0 Å². The average Bonchev–Trinajstić information content (AvgIpc) is 2.47. The number of ether oxygens (including phenoxy) is 1. The molecule has 1 aromatic carbocycles. The molecule has 1 aliphatic heterocycles. The molecule has 0 aromatic heterocycles. The minimum absolute atomic E-state index is 0.0741. The van der Waals surface area contributed by atoms with E-state index in [1.54, 1.807) is 12.1 Å². The van der Waals surface area contributed by atoms with Crippen molar-refractivity contribution in [1.29, 1.82) is 5.26 Å². The molecule has 0 bridgehead atoms. The molecule has 0 aliphatic carbocycles. The van der Waals surface area contributed by atoms with Crippen molar-refractivity contribution in [3.05, 3.63) is 18.2 Å². The third kappa shape index (κ3) is 2.95. The van der Waals surface area contributed by atoms with E-state index in [0.29, 0.717) is 25.4 Å². The molecule has 1 aliphatic rings. The number of morpholine rings is 1. The fourth-order valence-electron chi connectivity index (χ4n) is 2.18. The number of hydrogen-bond donors (Lipinski definition) is 1. The second-order valence-corrected chi connectivity index (χ2v) is 7.03. The maximum Gasteiger partial charge on any atom is 0.244 e. The Kier molecular flexibility index (Phi) is 4.37. The lowest BCUT2D eigenvalue weighted by atomic mass is 10.2. The Hall–Kier alpha value is -1.82. The smallest absolute Gasteiger partial charge is 0.244 e. The van der Waals surface area contributed by atoms with Gasteiger partial charge in [-0.3, -0.25) is 0 Å². The Morgan fingerprint density at radius 3 is 2.81 bits per heavy atom. The van der Waals surface area contributed by atoms with Crippen LogP contribution < -0.4 is 10.6 Å². The summed E-state index contributed by atoms with van der Waals surface area (Å²) >= 11 is 0. The number of para-hydroxylation sites is 1. The summed E-state index contributed by atoms with van der Waals surface area (Å²) in [6.07, 6.45) is -0.535. The first-order valence-electron chi connectivity index (χ1n) is 6.45. The van der Waals surface area contributed by atoms with E-state index in [4.69, 9.17) is 15.7 Å². The van der Waals surface area contributed by atoms with E-state index in [2.05, 4.69) is 6.07 Å². The van der Waals surface area contributed by atoms with Gasteiger partial charge in [-0.1, -0.05) is 6.07 Å². The van der Waals surface area contributed by atoms with Gasteiger partial charge in [-0.2, -0.15) is 5.26 Å². The van der Waals surface area contributed by atoms with Crippen LogP contribution in [0.2, 0.25) is 0 Å². The number of rotatable bonds is 3. The van der Waals surface area contributed by atoms with Crippen LogP contribution in [0, 0.1) is 11.3 Å². The Morgan fingerprint density at radius 2 is 2.19 bits per heavy atom. The fourth-order valence-corrected chi connectivity index (χ4v) is 3.20. The van der Waals surface area contributed by atoms with E-state index >= 15 is 0 Å². The number of nitriles is 1. The van der Waals surface area contributed by atoms with Gasteiger partial charge in [0.15, 0.2) is 6.10 Å². The third-order valence-corrected chi connectivity index (χ3v) is 5.23. The van der Waals surface area contributed by atoms with Crippen LogP contribution in [-0.2, 0) is 14.8 Å². The van der Waals surface area contributed by atoms with Gasteiger partial charge in [-0.25, -0.2) is 12.7 Å². The lowest BCUT2D eigenvalue weighted by molar-refractivity contribution is 0.0765. The summed E-state index contributed by atoms with van der Waals surface area (Å²) in [5.74, 6) is 0. The highest BCUT2D eigenvalue weighted by molar-refractivity contribution is 7.89. The topological polar surface area (TPSA) is 99.7 Å². The normalized spacial score (nSPS) is 19.5. The molecular weight excluding hydrogens is 292 g/mol. The van der Waals surface area contributed by atoms with Crippen LogP contribution in [0.4, 0.5) is 11.4 Å². The number of benzene rings is 1. The van der Waals surface area contributed by atoms with Crippen molar-refractivity contribution in [2.75, 3.05) is 44.4 Å². The van der Waals surface area contributed by atoms with Gasteiger partial charge in [0.2, 0.25) is 10.0 Å². The molecule has 2 rings (SSSR count). The highest BCUT2D eigenvalue weighted by Crippen LogP contribution is 2.31. The molecule has 1 atom stereocenters. The first-order chi connectivity index (χ1) is 9.87. The first kappa shape index (κ1) is 15.6. The van der Waals surface area contributed by atoms with Gasteiger partial charge >= 0.3 is 0 Å².